The predicted molar refractivity (Wildman–Crippen MR) is 158 cm³/mol. The zero-order chi connectivity index (χ0) is 31.0. The highest BCUT2D eigenvalue weighted by atomic mass is 16.7. The molecular weight excluding hydrogens is 538 g/mol. The van der Waals surface area contributed by atoms with Gasteiger partial charge in [0, 0.05) is 18.4 Å². The van der Waals surface area contributed by atoms with E-state index in [2.05, 4.69) is 20.4 Å². The molecule has 13 unspecified atom stereocenters. The molecule has 1 aliphatic heterocycles. The highest BCUT2D eigenvalue weighted by molar-refractivity contribution is 5.66. The summed E-state index contributed by atoms with van der Waals surface area (Å²) >= 11 is 0. The number of rotatable bonds is 7. The van der Waals surface area contributed by atoms with Crippen molar-refractivity contribution in [1.29, 1.82) is 0 Å². The van der Waals surface area contributed by atoms with E-state index in [0.29, 0.717) is 23.7 Å². The number of aliphatic hydroxyl groups is 1. The fourth-order valence-electron chi connectivity index (χ4n) is 9.89. The van der Waals surface area contributed by atoms with Crippen LogP contribution < -0.4 is 5.73 Å². The molecule has 0 aromatic heterocycles. The molecule has 1 saturated heterocycles. The van der Waals surface area contributed by atoms with Gasteiger partial charge in [-0.25, -0.2) is 0 Å². The standard InChI is InChI=1S/C31H49NO8.C2H6/c1-17(36-6)22-11-14-31(32)24-8-7-20-15-21(9-12-29(20,4)23(24)10-13-30(22,31)5)40-28-27(37-16-33)26(39-19(3)34)25(35)18(2)38-28;1-2/h16,18,20-28,35H,1,7-15,32H2,2-6H3;1-2H3. The minimum Gasteiger partial charge on any atom is -0.501 e. The first-order chi connectivity index (χ1) is 19.9. The van der Waals surface area contributed by atoms with Crippen LogP contribution in [0.4, 0.5) is 0 Å². The van der Waals surface area contributed by atoms with Crippen LogP contribution in [0.2, 0.25) is 0 Å². The van der Waals surface area contributed by atoms with Crippen molar-refractivity contribution in [2.24, 2.45) is 40.2 Å². The van der Waals surface area contributed by atoms with Crippen molar-refractivity contribution in [3.8, 4) is 0 Å². The molecule has 0 radical (unpaired) electrons. The van der Waals surface area contributed by atoms with Crippen LogP contribution in [0.25, 0.3) is 0 Å². The fourth-order valence-corrected chi connectivity index (χ4v) is 9.89. The van der Waals surface area contributed by atoms with E-state index < -0.39 is 36.7 Å². The van der Waals surface area contributed by atoms with Crippen LogP contribution in [0.15, 0.2) is 12.3 Å². The molecule has 5 rings (SSSR count). The normalized spacial score (nSPS) is 47.8. The number of methoxy groups -OCH3 is 1. The van der Waals surface area contributed by atoms with E-state index in [1.807, 2.05) is 13.8 Å². The van der Waals surface area contributed by atoms with Crippen molar-refractivity contribution >= 4 is 12.4 Å². The Bertz CT molecular complexity index is 991. The van der Waals surface area contributed by atoms with Crippen molar-refractivity contribution < 1.29 is 38.4 Å². The van der Waals surface area contributed by atoms with Crippen molar-refractivity contribution in [3.05, 3.63) is 12.3 Å². The molecule has 3 N–H and O–H groups in total. The summed E-state index contributed by atoms with van der Waals surface area (Å²) in [7, 11) is 1.73. The van der Waals surface area contributed by atoms with Gasteiger partial charge in [0.2, 0.25) is 0 Å². The van der Waals surface area contributed by atoms with Gasteiger partial charge in [-0.3, -0.25) is 9.59 Å². The van der Waals surface area contributed by atoms with Crippen molar-refractivity contribution in [1.82, 2.24) is 0 Å². The molecule has 0 amide bonds. The van der Waals surface area contributed by atoms with Crippen LogP contribution >= 0.6 is 0 Å². The third kappa shape index (κ3) is 5.41. The SMILES string of the molecule is C=C(OC)C1CCC2(N)C3CCC4CC(OC5OC(C)C(O)C(OC(C)=O)C5OC=O)CCC4(C)C3CCC12C.CC. The maximum Gasteiger partial charge on any atom is 0.303 e. The quantitative estimate of drug-likeness (QED) is 0.184. The van der Waals surface area contributed by atoms with Gasteiger partial charge in [-0.15, -0.1) is 0 Å². The Morgan fingerprint density at radius 2 is 1.76 bits per heavy atom. The zero-order valence-electron chi connectivity index (χ0n) is 26.8. The van der Waals surface area contributed by atoms with Crippen LogP contribution in [0.1, 0.15) is 99.3 Å². The van der Waals surface area contributed by atoms with E-state index in [4.69, 9.17) is 29.4 Å². The van der Waals surface area contributed by atoms with Gasteiger partial charge in [-0.2, -0.15) is 0 Å². The summed E-state index contributed by atoms with van der Waals surface area (Å²) in [6, 6.07) is 0. The first-order valence-electron chi connectivity index (χ1n) is 16.2. The maximum absolute atomic E-state index is 11.7. The van der Waals surface area contributed by atoms with E-state index >= 15 is 0 Å². The smallest absolute Gasteiger partial charge is 0.303 e. The summed E-state index contributed by atoms with van der Waals surface area (Å²) in [5.41, 5.74) is 7.43. The van der Waals surface area contributed by atoms with Crippen LogP contribution in [0, 0.1) is 34.5 Å². The Kier molecular flexibility index (Phi) is 10.1. The van der Waals surface area contributed by atoms with Gasteiger partial charge in [-0.1, -0.05) is 34.3 Å². The number of esters is 1. The number of carbonyl (C=O) groups is 2. The van der Waals surface area contributed by atoms with Crippen molar-refractivity contribution in [2.75, 3.05) is 7.11 Å². The number of aliphatic hydroxyl groups excluding tert-OH is 1. The van der Waals surface area contributed by atoms with Crippen molar-refractivity contribution in [2.45, 2.75) is 142 Å². The van der Waals surface area contributed by atoms with Crippen LogP contribution in [0.5, 0.6) is 0 Å². The van der Waals surface area contributed by atoms with Gasteiger partial charge < -0.3 is 34.5 Å². The highest BCUT2D eigenvalue weighted by Gasteiger charge is 2.66. The lowest BCUT2D eigenvalue weighted by atomic mass is 9.42. The number of ether oxygens (including phenoxy) is 5. The van der Waals surface area contributed by atoms with Crippen molar-refractivity contribution in [3.63, 3.8) is 0 Å². The van der Waals surface area contributed by atoms with E-state index in [9.17, 15) is 14.7 Å². The average molecular weight is 594 g/mol. The third-order valence-corrected chi connectivity index (χ3v) is 12.2. The van der Waals surface area contributed by atoms with Gasteiger partial charge in [0.15, 0.2) is 18.5 Å². The van der Waals surface area contributed by atoms with E-state index in [-0.39, 0.29) is 28.9 Å². The summed E-state index contributed by atoms with van der Waals surface area (Å²) in [5.74, 6) is 2.17. The molecule has 9 nitrogen and oxygen atoms in total. The molecule has 42 heavy (non-hydrogen) atoms. The molecule has 0 spiro atoms. The number of fused-ring (bicyclic) bond motifs is 5. The Morgan fingerprint density at radius 1 is 1.05 bits per heavy atom. The van der Waals surface area contributed by atoms with Gasteiger partial charge in [0.1, 0.15) is 6.10 Å². The molecule has 5 fully saturated rings. The zero-order valence-corrected chi connectivity index (χ0v) is 26.8. The largest absolute Gasteiger partial charge is 0.501 e. The van der Waals surface area contributed by atoms with Gasteiger partial charge in [0.25, 0.3) is 6.47 Å². The summed E-state index contributed by atoms with van der Waals surface area (Å²) in [4.78, 5) is 23.0. The van der Waals surface area contributed by atoms with Crippen LogP contribution in [-0.4, -0.2) is 67.0 Å². The summed E-state index contributed by atoms with van der Waals surface area (Å²) in [5, 5.41) is 10.6. The lowest BCUT2D eigenvalue weighted by Crippen LogP contribution is -2.66. The topological polar surface area (TPSA) is 127 Å². The molecule has 240 valence electrons. The summed E-state index contributed by atoms with van der Waals surface area (Å²) in [6.07, 6.45) is 4.46. The molecule has 4 saturated carbocycles. The lowest BCUT2D eigenvalue weighted by molar-refractivity contribution is -0.311. The second kappa shape index (κ2) is 12.7. The van der Waals surface area contributed by atoms with E-state index in [1.165, 1.54) is 13.3 Å². The Balaban J connectivity index is 0.00000198. The van der Waals surface area contributed by atoms with Gasteiger partial charge >= 0.3 is 5.97 Å². The lowest BCUT2D eigenvalue weighted by Gasteiger charge is -2.64. The monoisotopic (exact) mass is 593 g/mol. The minimum absolute atomic E-state index is 0.0103. The van der Waals surface area contributed by atoms with E-state index in [0.717, 1.165) is 57.1 Å². The van der Waals surface area contributed by atoms with Crippen LogP contribution in [0.3, 0.4) is 0 Å². The van der Waals surface area contributed by atoms with Crippen LogP contribution in [-0.2, 0) is 33.3 Å². The van der Waals surface area contributed by atoms with Gasteiger partial charge in [-0.05, 0) is 93.3 Å². The second-order valence-electron chi connectivity index (χ2n) is 13.8. The van der Waals surface area contributed by atoms with E-state index in [1.54, 1.807) is 14.0 Å². The molecule has 0 bridgehead atoms. The third-order valence-electron chi connectivity index (χ3n) is 12.2. The summed E-state index contributed by atoms with van der Waals surface area (Å²) < 4.78 is 28.6. The predicted octanol–water partition coefficient (Wildman–Crippen LogP) is 4.88. The summed E-state index contributed by atoms with van der Waals surface area (Å²) in [6.45, 7) is 16.3. The molecule has 9 heteroatoms. The molecule has 4 aliphatic carbocycles. The number of carbonyl (C=O) groups excluding carboxylic acids is 2. The number of hydrogen-bond acceptors (Lipinski definition) is 9. The fraction of sp³-hybridized carbons (Fsp3) is 0.879. The molecular formula is C33H55NO8. The molecule has 0 aromatic carbocycles. The number of nitrogens with two attached hydrogens (primary N) is 1. The first-order valence-corrected chi connectivity index (χ1v) is 16.2. The molecule has 1 heterocycles. The average Bonchev–Trinajstić information content (AvgIpc) is 3.25. The highest BCUT2D eigenvalue weighted by Crippen LogP contribution is 2.69. The minimum atomic E-state index is -1.13. The maximum atomic E-state index is 11.7. The molecule has 0 aromatic rings. The first kappa shape index (κ1) is 33.2. The molecule has 5 aliphatic rings. The second-order valence-corrected chi connectivity index (χ2v) is 13.8. The Hall–Kier alpha value is -1.68. The Morgan fingerprint density at radius 3 is 2.40 bits per heavy atom. The number of allylic oxidation sites excluding steroid dienone is 1. The van der Waals surface area contributed by atoms with Gasteiger partial charge in [0.05, 0.1) is 25.1 Å². The Labute approximate surface area is 252 Å². The number of hydrogen-bond donors (Lipinski definition) is 2. The molecule has 13 atom stereocenters.